The summed E-state index contributed by atoms with van der Waals surface area (Å²) in [5, 5.41) is 3.41. The first-order valence-corrected chi connectivity index (χ1v) is 6.78. The van der Waals surface area contributed by atoms with E-state index in [-0.39, 0.29) is 11.9 Å². The summed E-state index contributed by atoms with van der Waals surface area (Å²) in [6.07, 6.45) is 2.28. The molecule has 0 radical (unpaired) electrons. The highest BCUT2D eigenvalue weighted by atomic mass is 19.1. The van der Waals surface area contributed by atoms with Crippen molar-refractivity contribution in [3.8, 4) is 0 Å². The molecule has 0 amide bonds. The highest BCUT2D eigenvalue weighted by Crippen LogP contribution is 2.15. The maximum atomic E-state index is 12.9. The zero-order valence-electron chi connectivity index (χ0n) is 11.6. The van der Waals surface area contributed by atoms with Gasteiger partial charge in [0.05, 0.1) is 17.9 Å². The summed E-state index contributed by atoms with van der Waals surface area (Å²) >= 11 is 0. The fraction of sp³-hybridized carbons (Fsp3) is 0.643. The maximum Gasteiger partial charge on any atom is 0.141 e. The van der Waals surface area contributed by atoms with Crippen LogP contribution >= 0.6 is 0 Å². The van der Waals surface area contributed by atoms with E-state index in [0.29, 0.717) is 0 Å². The van der Waals surface area contributed by atoms with E-state index < -0.39 is 0 Å². The molecule has 0 spiro atoms. The Morgan fingerprint density at radius 2 is 2.00 bits per heavy atom. The lowest BCUT2D eigenvalue weighted by atomic mass is 10.1. The second kappa shape index (κ2) is 8.16. The maximum absolute atomic E-state index is 12.9. The number of hydrogen-bond donors (Lipinski definition) is 1. The van der Waals surface area contributed by atoms with Crippen molar-refractivity contribution in [1.82, 2.24) is 15.2 Å². The van der Waals surface area contributed by atoms with Gasteiger partial charge in [-0.2, -0.15) is 0 Å². The van der Waals surface area contributed by atoms with Crippen LogP contribution in [-0.2, 0) is 0 Å². The average Bonchev–Trinajstić information content (AvgIpc) is 2.39. The second-order valence-corrected chi connectivity index (χ2v) is 4.33. The second-order valence-electron chi connectivity index (χ2n) is 4.33. The lowest BCUT2D eigenvalue weighted by Crippen LogP contribution is -2.29. The summed E-state index contributed by atoms with van der Waals surface area (Å²) in [4.78, 5) is 6.55. The molecule has 18 heavy (non-hydrogen) atoms. The molecule has 1 N–H and O–H groups in total. The number of nitrogens with zero attached hydrogens (tertiary/aromatic N) is 2. The monoisotopic (exact) mass is 253 g/mol. The molecule has 0 saturated heterocycles. The molecule has 1 aromatic heterocycles. The van der Waals surface area contributed by atoms with Gasteiger partial charge in [0.25, 0.3) is 0 Å². The Hall–Kier alpha value is -1.00. The predicted octanol–water partition coefficient (Wildman–Crippen LogP) is 2.60. The van der Waals surface area contributed by atoms with Crippen molar-refractivity contribution in [1.29, 1.82) is 0 Å². The van der Waals surface area contributed by atoms with Gasteiger partial charge in [-0.1, -0.05) is 20.8 Å². The third-order valence-corrected chi connectivity index (χ3v) is 3.19. The Morgan fingerprint density at radius 3 is 2.50 bits per heavy atom. The lowest BCUT2D eigenvalue weighted by Gasteiger charge is -2.23. The zero-order chi connectivity index (χ0) is 13.4. The summed E-state index contributed by atoms with van der Waals surface area (Å²) in [6.45, 7) is 10.5. The Morgan fingerprint density at radius 1 is 1.28 bits per heavy atom. The molecule has 0 saturated carbocycles. The van der Waals surface area contributed by atoms with Crippen molar-refractivity contribution in [3.05, 3.63) is 29.8 Å². The van der Waals surface area contributed by atoms with Gasteiger partial charge < -0.3 is 10.2 Å². The molecule has 102 valence electrons. The lowest BCUT2D eigenvalue weighted by molar-refractivity contribution is 0.281. The van der Waals surface area contributed by atoms with Crippen LogP contribution in [0.3, 0.4) is 0 Å². The smallest absolute Gasteiger partial charge is 0.141 e. The van der Waals surface area contributed by atoms with Crippen molar-refractivity contribution in [2.75, 3.05) is 26.2 Å². The fourth-order valence-corrected chi connectivity index (χ4v) is 2.05. The molecule has 1 rings (SSSR count). The van der Waals surface area contributed by atoms with Gasteiger partial charge in [-0.3, -0.25) is 4.98 Å². The first-order valence-electron chi connectivity index (χ1n) is 6.78. The van der Waals surface area contributed by atoms with Gasteiger partial charge in [0.1, 0.15) is 5.82 Å². The third kappa shape index (κ3) is 4.70. The SMILES string of the molecule is CCNC(CCN(CC)CC)c1ccc(F)cn1. The van der Waals surface area contributed by atoms with Gasteiger partial charge in [0, 0.05) is 0 Å². The molecule has 0 bridgehead atoms. The number of pyridine rings is 1. The summed E-state index contributed by atoms with van der Waals surface area (Å²) in [7, 11) is 0. The molecule has 0 aliphatic carbocycles. The number of halogens is 1. The summed E-state index contributed by atoms with van der Waals surface area (Å²) in [5.74, 6) is -0.280. The van der Waals surface area contributed by atoms with E-state index in [2.05, 4.69) is 36.0 Å². The van der Waals surface area contributed by atoms with Gasteiger partial charge in [0.2, 0.25) is 0 Å². The van der Waals surface area contributed by atoms with Crippen LogP contribution in [-0.4, -0.2) is 36.1 Å². The first-order chi connectivity index (χ1) is 8.71. The van der Waals surface area contributed by atoms with Gasteiger partial charge >= 0.3 is 0 Å². The van der Waals surface area contributed by atoms with E-state index in [4.69, 9.17) is 0 Å². The minimum absolute atomic E-state index is 0.205. The molecule has 4 heteroatoms. The first kappa shape index (κ1) is 15.1. The molecule has 1 unspecified atom stereocenters. The van der Waals surface area contributed by atoms with E-state index in [1.165, 1.54) is 12.3 Å². The van der Waals surface area contributed by atoms with Crippen LogP contribution in [0.5, 0.6) is 0 Å². The van der Waals surface area contributed by atoms with Gasteiger partial charge in [-0.25, -0.2) is 4.39 Å². The molecule has 3 nitrogen and oxygen atoms in total. The quantitative estimate of drug-likeness (QED) is 0.772. The Bertz CT molecular complexity index is 322. The number of rotatable bonds is 8. The Balaban J connectivity index is 2.61. The molecule has 0 aliphatic rings. The largest absolute Gasteiger partial charge is 0.309 e. The standard InChI is InChI=1S/C14H24FN3/c1-4-16-14(9-10-18(5-2)6-3)13-8-7-12(15)11-17-13/h7-8,11,14,16H,4-6,9-10H2,1-3H3. The van der Waals surface area contributed by atoms with Crippen LogP contribution in [0.25, 0.3) is 0 Å². The molecule has 1 heterocycles. The highest BCUT2D eigenvalue weighted by Gasteiger charge is 2.13. The van der Waals surface area contributed by atoms with Crippen LogP contribution in [0.1, 0.15) is 38.9 Å². The Labute approximate surface area is 109 Å². The molecular formula is C14H24FN3. The molecule has 1 aromatic rings. The molecular weight excluding hydrogens is 229 g/mol. The summed E-state index contributed by atoms with van der Waals surface area (Å²) < 4.78 is 12.9. The average molecular weight is 253 g/mol. The number of aromatic nitrogens is 1. The number of hydrogen-bond acceptors (Lipinski definition) is 3. The van der Waals surface area contributed by atoms with Crippen molar-refractivity contribution in [2.45, 2.75) is 33.2 Å². The molecule has 0 aliphatic heterocycles. The van der Waals surface area contributed by atoms with E-state index >= 15 is 0 Å². The topological polar surface area (TPSA) is 28.2 Å². The highest BCUT2D eigenvalue weighted by molar-refractivity contribution is 5.09. The van der Waals surface area contributed by atoms with Gasteiger partial charge in [-0.15, -0.1) is 0 Å². The van der Waals surface area contributed by atoms with Crippen LogP contribution in [0.15, 0.2) is 18.3 Å². The molecule has 0 fully saturated rings. The van der Waals surface area contributed by atoms with Crippen molar-refractivity contribution in [3.63, 3.8) is 0 Å². The zero-order valence-corrected chi connectivity index (χ0v) is 11.6. The van der Waals surface area contributed by atoms with Crippen LogP contribution in [0.2, 0.25) is 0 Å². The molecule has 0 aromatic carbocycles. The van der Waals surface area contributed by atoms with E-state index in [9.17, 15) is 4.39 Å². The predicted molar refractivity (Wildman–Crippen MR) is 73.0 cm³/mol. The third-order valence-electron chi connectivity index (χ3n) is 3.19. The normalized spacial score (nSPS) is 12.9. The van der Waals surface area contributed by atoms with E-state index in [1.807, 2.05) is 0 Å². The Kier molecular flexibility index (Phi) is 6.83. The van der Waals surface area contributed by atoms with Crippen molar-refractivity contribution >= 4 is 0 Å². The van der Waals surface area contributed by atoms with Gasteiger partial charge in [-0.05, 0) is 44.7 Å². The van der Waals surface area contributed by atoms with Crippen LogP contribution in [0, 0.1) is 5.82 Å². The van der Waals surface area contributed by atoms with E-state index in [0.717, 1.165) is 38.3 Å². The minimum Gasteiger partial charge on any atom is -0.309 e. The van der Waals surface area contributed by atoms with E-state index in [1.54, 1.807) is 6.07 Å². The van der Waals surface area contributed by atoms with Gasteiger partial charge in [0.15, 0.2) is 0 Å². The van der Waals surface area contributed by atoms with Crippen molar-refractivity contribution < 1.29 is 4.39 Å². The molecule has 1 atom stereocenters. The minimum atomic E-state index is -0.280. The van der Waals surface area contributed by atoms with Crippen molar-refractivity contribution in [2.24, 2.45) is 0 Å². The van der Waals surface area contributed by atoms with Crippen LogP contribution < -0.4 is 5.32 Å². The van der Waals surface area contributed by atoms with Crippen LogP contribution in [0.4, 0.5) is 4.39 Å². The summed E-state index contributed by atoms with van der Waals surface area (Å²) in [6, 6.07) is 3.45. The fourth-order valence-electron chi connectivity index (χ4n) is 2.05. The number of nitrogens with one attached hydrogen (secondary N) is 1. The summed E-state index contributed by atoms with van der Waals surface area (Å²) in [5.41, 5.74) is 0.922.